The van der Waals surface area contributed by atoms with Crippen LogP contribution < -0.4 is 15.5 Å². The Morgan fingerprint density at radius 3 is 2.88 bits per heavy atom. The van der Waals surface area contributed by atoms with E-state index in [1.54, 1.807) is 6.07 Å². The summed E-state index contributed by atoms with van der Waals surface area (Å²) in [4.78, 5) is 19.1. The summed E-state index contributed by atoms with van der Waals surface area (Å²) in [6, 6.07) is 6.34. The fourth-order valence-electron chi connectivity index (χ4n) is 3.35. The molecular formula is C17H26Cl2N4O. The maximum absolute atomic E-state index is 12.7. The van der Waals surface area contributed by atoms with E-state index < -0.39 is 0 Å². The smallest absolute Gasteiger partial charge is 0.228 e. The Labute approximate surface area is 154 Å². The molecule has 134 valence electrons. The van der Waals surface area contributed by atoms with Gasteiger partial charge in [0.1, 0.15) is 11.0 Å². The molecule has 0 unspecified atom stereocenters. The van der Waals surface area contributed by atoms with Crippen LogP contribution in [-0.2, 0) is 4.79 Å². The van der Waals surface area contributed by atoms with Crippen molar-refractivity contribution in [3.05, 3.63) is 23.4 Å². The van der Waals surface area contributed by atoms with Gasteiger partial charge in [0.2, 0.25) is 5.91 Å². The van der Waals surface area contributed by atoms with Crippen molar-refractivity contribution in [1.29, 1.82) is 0 Å². The number of nitrogens with one attached hydrogen (secondary N) is 2. The van der Waals surface area contributed by atoms with E-state index in [0.29, 0.717) is 23.8 Å². The first-order valence-corrected chi connectivity index (χ1v) is 8.74. The first-order chi connectivity index (χ1) is 11.0. The molecule has 1 saturated heterocycles. The number of anilines is 1. The average molecular weight is 373 g/mol. The van der Waals surface area contributed by atoms with Crippen LogP contribution in [0.1, 0.15) is 32.6 Å². The standard InChI is InChI=1S/C17H25ClN4O.ClH/c1-12-10-13(6-9-19-12)20-16(23)17(7-8-17)11-22(2)15-5-3-4-14(18)21-15;/h3-5,12-13,19H,6-11H2,1-2H3,(H,20,23);1H/t12-,13-;/m1./s1. The molecular weight excluding hydrogens is 347 g/mol. The van der Waals surface area contributed by atoms with Crippen LogP contribution in [0.25, 0.3) is 0 Å². The quantitative estimate of drug-likeness (QED) is 0.780. The highest BCUT2D eigenvalue weighted by Crippen LogP contribution is 2.47. The first kappa shape index (κ1) is 19.3. The lowest BCUT2D eigenvalue weighted by atomic mass is 9.98. The molecule has 24 heavy (non-hydrogen) atoms. The van der Waals surface area contributed by atoms with Crippen molar-refractivity contribution >= 4 is 35.7 Å². The Balaban J connectivity index is 0.00000208. The number of piperidine rings is 1. The van der Waals surface area contributed by atoms with E-state index in [2.05, 4.69) is 22.5 Å². The molecule has 2 atom stereocenters. The Kier molecular flexibility index (Phi) is 6.34. The summed E-state index contributed by atoms with van der Waals surface area (Å²) in [5, 5.41) is 7.17. The fraction of sp³-hybridized carbons (Fsp3) is 0.647. The molecule has 0 bridgehead atoms. The lowest BCUT2D eigenvalue weighted by Crippen LogP contribution is -2.50. The molecule has 2 fully saturated rings. The van der Waals surface area contributed by atoms with Crippen molar-refractivity contribution in [2.24, 2.45) is 5.41 Å². The number of aromatic nitrogens is 1. The third-order valence-electron chi connectivity index (χ3n) is 4.93. The van der Waals surface area contributed by atoms with Gasteiger partial charge in [-0.2, -0.15) is 0 Å². The summed E-state index contributed by atoms with van der Waals surface area (Å²) >= 11 is 5.96. The summed E-state index contributed by atoms with van der Waals surface area (Å²) in [7, 11) is 1.97. The van der Waals surface area contributed by atoms with Crippen molar-refractivity contribution < 1.29 is 4.79 Å². The van der Waals surface area contributed by atoms with Crippen LogP contribution in [-0.4, -0.2) is 43.1 Å². The minimum atomic E-state index is -0.257. The zero-order valence-electron chi connectivity index (χ0n) is 14.2. The van der Waals surface area contributed by atoms with Crippen molar-refractivity contribution in [1.82, 2.24) is 15.6 Å². The Morgan fingerprint density at radius 2 is 2.25 bits per heavy atom. The second-order valence-electron chi connectivity index (χ2n) is 7.00. The van der Waals surface area contributed by atoms with E-state index in [1.165, 1.54) is 0 Å². The molecule has 3 rings (SSSR count). The van der Waals surface area contributed by atoms with Gasteiger partial charge in [-0.15, -0.1) is 12.4 Å². The molecule has 1 aromatic heterocycles. The molecule has 7 heteroatoms. The number of carbonyl (C=O) groups excluding carboxylic acids is 1. The SMILES string of the molecule is C[C@@H]1C[C@H](NC(=O)C2(CN(C)c3cccc(Cl)n3)CC2)CCN1.Cl. The number of carbonyl (C=O) groups is 1. The Bertz CT molecular complexity index is 579. The highest BCUT2D eigenvalue weighted by Gasteiger charge is 2.51. The van der Waals surface area contributed by atoms with E-state index >= 15 is 0 Å². The van der Waals surface area contributed by atoms with Crippen LogP contribution in [0.3, 0.4) is 0 Å². The molecule has 1 amide bonds. The van der Waals surface area contributed by atoms with Gasteiger partial charge in [-0.25, -0.2) is 4.98 Å². The van der Waals surface area contributed by atoms with Gasteiger partial charge < -0.3 is 15.5 Å². The second-order valence-corrected chi connectivity index (χ2v) is 7.39. The zero-order chi connectivity index (χ0) is 16.4. The predicted octanol–water partition coefficient (Wildman–Crippen LogP) is 2.63. The summed E-state index contributed by atoms with van der Waals surface area (Å²) in [5.74, 6) is 1.01. The topological polar surface area (TPSA) is 57.3 Å². The molecule has 2 heterocycles. The maximum Gasteiger partial charge on any atom is 0.228 e. The van der Waals surface area contributed by atoms with Gasteiger partial charge in [0.15, 0.2) is 0 Å². The highest BCUT2D eigenvalue weighted by molar-refractivity contribution is 6.29. The van der Waals surface area contributed by atoms with Crippen LogP contribution in [0.15, 0.2) is 18.2 Å². The third kappa shape index (κ3) is 4.52. The van der Waals surface area contributed by atoms with Crippen LogP contribution in [0.2, 0.25) is 5.15 Å². The average Bonchev–Trinajstić information content (AvgIpc) is 3.28. The minimum absolute atomic E-state index is 0. The Morgan fingerprint density at radius 1 is 1.50 bits per heavy atom. The van der Waals surface area contributed by atoms with Gasteiger partial charge in [0.05, 0.1) is 5.41 Å². The number of halogens is 2. The number of nitrogens with zero attached hydrogens (tertiary/aromatic N) is 2. The number of hydrogen-bond donors (Lipinski definition) is 2. The summed E-state index contributed by atoms with van der Waals surface area (Å²) in [5.41, 5.74) is -0.257. The molecule has 0 spiro atoms. The van der Waals surface area contributed by atoms with Crippen molar-refractivity contribution in [3.8, 4) is 0 Å². The van der Waals surface area contributed by atoms with Crippen molar-refractivity contribution in [2.45, 2.75) is 44.7 Å². The summed E-state index contributed by atoms with van der Waals surface area (Å²) < 4.78 is 0. The molecule has 1 saturated carbocycles. The van der Waals surface area contributed by atoms with E-state index in [1.807, 2.05) is 24.1 Å². The van der Waals surface area contributed by atoms with E-state index in [-0.39, 0.29) is 23.7 Å². The molecule has 0 aromatic carbocycles. The molecule has 0 radical (unpaired) electrons. The molecule has 2 N–H and O–H groups in total. The van der Waals surface area contributed by atoms with Crippen LogP contribution in [0, 0.1) is 5.41 Å². The fourth-order valence-corrected chi connectivity index (χ4v) is 3.51. The number of rotatable bonds is 5. The highest BCUT2D eigenvalue weighted by atomic mass is 35.5. The largest absolute Gasteiger partial charge is 0.359 e. The minimum Gasteiger partial charge on any atom is -0.359 e. The van der Waals surface area contributed by atoms with E-state index in [9.17, 15) is 4.79 Å². The van der Waals surface area contributed by atoms with Crippen LogP contribution >= 0.6 is 24.0 Å². The van der Waals surface area contributed by atoms with Crippen LogP contribution in [0.4, 0.5) is 5.82 Å². The van der Waals surface area contributed by atoms with Crippen molar-refractivity contribution in [3.63, 3.8) is 0 Å². The van der Waals surface area contributed by atoms with Gasteiger partial charge in [0, 0.05) is 25.7 Å². The zero-order valence-corrected chi connectivity index (χ0v) is 15.8. The lowest BCUT2D eigenvalue weighted by Gasteiger charge is -2.31. The van der Waals surface area contributed by atoms with Gasteiger partial charge in [-0.3, -0.25) is 4.79 Å². The molecule has 1 aliphatic carbocycles. The van der Waals surface area contributed by atoms with Gasteiger partial charge >= 0.3 is 0 Å². The number of hydrogen-bond acceptors (Lipinski definition) is 4. The molecule has 1 aromatic rings. The summed E-state index contributed by atoms with van der Waals surface area (Å²) in [6.45, 7) is 3.84. The third-order valence-corrected chi connectivity index (χ3v) is 5.14. The van der Waals surface area contributed by atoms with E-state index in [4.69, 9.17) is 11.6 Å². The Hall–Kier alpha value is -1.04. The maximum atomic E-state index is 12.7. The molecule has 2 aliphatic rings. The number of pyridine rings is 1. The normalized spacial score (nSPS) is 24.6. The molecule has 5 nitrogen and oxygen atoms in total. The predicted molar refractivity (Wildman–Crippen MR) is 100 cm³/mol. The van der Waals surface area contributed by atoms with E-state index in [0.717, 1.165) is 38.0 Å². The monoisotopic (exact) mass is 372 g/mol. The van der Waals surface area contributed by atoms with Gasteiger partial charge in [0.25, 0.3) is 0 Å². The molecule has 1 aliphatic heterocycles. The van der Waals surface area contributed by atoms with Gasteiger partial charge in [-0.05, 0) is 51.3 Å². The van der Waals surface area contributed by atoms with Gasteiger partial charge in [-0.1, -0.05) is 17.7 Å². The lowest BCUT2D eigenvalue weighted by molar-refractivity contribution is -0.127. The summed E-state index contributed by atoms with van der Waals surface area (Å²) in [6.07, 6.45) is 3.92. The van der Waals surface area contributed by atoms with Crippen molar-refractivity contribution in [2.75, 3.05) is 25.0 Å². The number of amides is 1. The second kappa shape index (κ2) is 7.89. The first-order valence-electron chi connectivity index (χ1n) is 8.37. The van der Waals surface area contributed by atoms with Crippen LogP contribution in [0.5, 0.6) is 0 Å².